The lowest BCUT2D eigenvalue weighted by Gasteiger charge is -2.36. The number of hydrogen-bond donors (Lipinski definition) is 1. The molecular weight excluding hydrogens is 260 g/mol. The number of para-hydroxylation sites is 1. The lowest BCUT2D eigenvalue weighted by Crippen LogP contribution is -2.40. The standard InChI is InChI=1S/C18H26N2O/c1-2-11-19-16-10-12-20(17-9-4-3-8-15(16)17)18(21)13-14-6-5-7-14/h3-4,8-9,14,16,19H,2,5-7,10-13H2,1H3. The Hall–Kier alpha value is -1.35. The lowest BCUT2D eigenvalue weighted by atomic mass is 9.82. The Bertz CT molecular complexity index is 496. The monoisotopic (exact) mass is 286 g/mol. The third kappa shape index (κ3) is 3.13. The van der Waals surface area contributed by atoms with Gasteiger partial charge in [-0.1, -0.05) is 31.5 Å². The average molecular weight is 286 g/mol. The van der Waals surface area contributed by atoms with Crippen LogP contribution in [0.1, 0.15) is 57.1 Å². The zero-order valence-electron chi connectivity index (χ0n) is 13.0. The van der Waals surface area contributed by atoms with Crippen molar-refractivity contribution < 1.29 is 4.79 Å². The molecule has 0 radical (unpaired) electrons. The third-order valence-corrected chi connectivity index (χ3v) is 4.87. The summed E-state index contributed by atoms with van der Waals surface area (Å²) in [6, 6.07) is 8.80. The first-order valence-corrected chi connectivity index (χ1v) is 8.42. The first-order valence-electron chi connectivity index (χ1n) is 8.42. The smallest absolute Gasteiger partial charge is 0.227 e. The van der Waals surface area contributed by atoms with Gasteiger partial charge in [-0.05, 0) is 49.8 Å². The maximum absolute atomic E-state index is 12.6. The Balaban J connectivity index is 1.75. The summed E-state index contributed by atoms with van der Waals surface area (Å²) in [5, 5.41) is 3.61. The van der Waals surface area contributed by atoms with Crippen LogP contribution >= 0.6 is 0 Å². The topological polar surface area (TPSA) is 32.3 Å². The SMILES string of the molecule is CCCNC1CCN(C(=O)CC2CCC2)c2ccccc21. The van der Waals surface area contributed by atoms with Gasteiger partial charge in [0, 0.05) is 24.7 Å². The van der Waals surface area contributed by atoms with Crippen molar-refractivity contribution in [1.82, 2.24) is 5.32 Å². The van der Waals surface area contributed by atoms with E-state index in [4.69, 9.17) is 0 Å². The molecule has 1 aromatic carbocycles. The van der Waals surface area contributed by atoms with Gasteiger partial charge in [0.25, 0.3) is 0 Å². The molecule has 0 aromatic heterocycles. The van der Waals surface area contributed by atoms with E-state index >= 15 is 0 Å². The molecule has 1 aromatic rings. The predicted molar refractivity (Wildman–Crippen MR) is 86.4 cm³/mol. The molecule has 1 heterocycles. The van der Waals surface area contributed by atoms with Crippen LogP contribution in [0, 0.1) is 5.92 Å². The third-order valence-electron chi connectivity index (χ3n) is 4.87. The van der Waals surface area contributed by atoms with Crippen LogP contribution in [0.3, 0.4) is 0 Å². The predicted octanol–water partition coefficient (Wildman–Crippen LogP) is 3.65. The maximum atomic E-state index is 12.6. The second-order valence-corrected chi connectivity index (χ2v) is 6.40. The highest BCUT2D eigenvalue weighted by Gasteiger charge is 2.30. The normalized spacial score (nSPS) is 21.8. The number of fused-ring (bicyclic) bond motifs is 1. The molecule has 1 saturated carbocycles. The van der Waals surface area contributed by atoms with Crippen molar-refractivity contribution >= 4 is 11.6 Å². The fourth-order valence-electron chi connectivity index (χ4n) is 3.41. The van der Waals surface area contributed by atoms with Crippen LogP contribution < -0.4 is 10.2 Å². The first-order chi connectivity index (χ1) is 10.3. The quantitative estimate of drug-likeness (QED) is 0.896. The van der Waals surface area contributed by atoms with E-state index in [9.17, 15) is 4.79 Å². The molecular formula is C18H26N2O. The zero-order valence-corrected chi connectivity index (χ0v) is 13.0. The van der Waals surface area contributed by atoms with Gasteiger partial charge >= 0.3 is 0 Å². The highest BCUT2D eigenvalue weighted by molar-refractivity contribution is 5.94. The summed E-state index contributed by atoms with van der Waals surface area (Å²) in [6.07, 6.45) is 6.68. The van der Waals surface area contributed by atoms with Gasteiger partial charge in [0.05, 0.1) is 0 Å². The van der Waals surface area contributed by atoms with Crippen molar-refractivity contribution in [3.63, 3.8) is 0 Å². The van der Waals surface area contributed by atoms with Gasteiger partial charge in [0.1, 0.15) is 0 Å². The fraction of sp³-hybridized carbons (Fsp3) is 0.611. The highest BCUT2D eigenvalue weighted by Crippen LogP contribution is 2.36. The van der Waals surface area contributed by atoms with Crippen molar-refractivity contribution in [2.75, 3.05) is 18.0 Å². The Morgan fingerprint density at radius 2 is 2.10 bits per heavy atom. The van der Waals surface area contributed by atoms with Gasteiger partial charge in [-0.15, -0.1) is 0 Å². The summed E-state index contributed by atoms with van der Waals surface area (Å²) < 4.78 is 0. The van der Waals surface area contributed by atoms with Crippen LogP contribution in [-0.2, 0) is 4.79 Å². The molecule has 0 spiro atoms. The van der Waals surface area contributed by atoms with E-state index in [2.05, 4.69) is 30.4 Å². The summed E-state index contributed by atoms with van der Waals surface area (Å²) in [5.74, 6) is 0.960. The van der Waals surface area contributed by atoms with Gasteiger partial charge in [0.2, 0.25) is 5.91 Å². The van der Waals surface area contributed by atoms with E-state index in [-0.39, 0.29) is 0 Å². The fourth-order valence-corrected chi connectivity index (χ4v) is 3.41. The van der Waals surface area contributed by atoms with E-state index < -0.39 is 0 Å². The minimum Gasteiger partial charge on any atom is -0.312 e. The van der Waals surface area contributed by atoms with E-state index in [0.717, 1.165) is 38.0 Å². The minimum atomic E-state index is 0.320. The minimum absolute atomic E-state index is 0.320. The van der Waals surface area contributed by atoms with Gasteiger partial charge < -0.3 is 10.2 Å². The van der Waals surface area contributed by atoms with Gasteiger partial charge in [0.15, 0.2) is 0 Å². The number of hydrogen-bond acceptors (Lipinski definition) is 2. The van der Waals surface area contributed by atoms with Crippen LogP contribution in [0.2, 0.25) is 0 Å². The molecule has 0 bridgehead atoms. The number of nitrogens with one attached hydrogen (secondary N) is 1. The van der Waals surface area contributed by atoms with Crippen molar-refractivity contribution in [1.29, 1.82) is 0 Å². The van der Waals surface area contributed by atoms with Crippen molar-refractivity contribution in [2.24, 2.45) is 5.92 Å². The van der Waals surface area contributed by atoms with Crippen LogP contribution in [0.25, 0.3) is 0 Å². The number of carbonyl (C=O) groups excluding carboxylic acids is 1. The summed E-state index contributed by atoms with van der Waals surface area (Å²) in [6.45, 7) is 4.08. The highest BCUT2D eigenvalue weighted by atomic mass is 16.2. The van der Waals surface area contributed by atoms with Crippen LogP contribution in [0.5, 0.6) is 0 Å². The Morgan fingerprint density at radius 3 is 2.81 bits per heavy atom. The molecule has 1 unspecified atom stereocenters. The number of anilines is 1. The summed E-state index contributed by atoms with van der Waals surface area (Å²) >= 11 is 0. The maximum Gasteiger partial charge on any atom is 0.227 e. The van der Waals surface area contributed by atoms with Gasteiger partial charge in [-0.3, -0.25) is 4.79 Å². The Labute approximate surface area is 127 Å². The molecule has 1 amide bonds. The van der Waals surface area contributed by atoms with Gasteiger partial charge in [-0.2, -0.15) is 0 Å². The number of carbonyl (C=O) groups is 1. The molecule has 2 aliphatic rings. The first kappa shape index (κ1) is 14.6. The van der Waals surface area contributed by atoms with Crippen LogP contribution in [0.15, 0.2) is 24.3 Å². The summed E-state index contributed by atoms with van der Waals surface area (Å²) in [5.41, 5.74) is 2.42. The van der Waals surface area contributed by atoms with Crippen molar-refractivity contribution in [3.05, 3.63) is 29.8 Å². The number of rotatable bonds is 5. The molecule has 3 rings (SSSR count). The van der Waals surface area contributed by atoms with Gasteiger partial charge in [-0.25, -0.2) is 0 Å². The van der Waals surface area contributed by atoms with E-state index in [1.165, 1.54) is 24.8 Å². The molecule has 3 heteroatoms. The van der Waals surface area contributed by atoms with Crippen molar-refractivity contribution in [3.8, 4) is 0 Å². The number of amides is 1. The molecule has 1 aliphatic heterocycles. The zero-order chi connectivity index (χ0) is 14.7. The molecule has 21 heavy (non-hydrogen) atoms. The summed E-state index contributed by atoms with van der Waals surface area (Å²) in [4.78, 5) is 14.6. The second kappa shape index (κ2) is 6.61. The lowest BCUT2D eigenvalue weighted by molar-refractivity contribution is -0.120. The van der Waals surface area contributed by atoms with Crippen molar-refractivity contribution in [2.45, 2.75) is 51.5 Å². The molecule has 1 fully saturated rings. The van der Waals surface area contributed by atoms with E-state index in [0.29, 0.717) is 17.9 Å². The molecule has 3 nitrogen and oxygen atoms in total. The molecule has 1 N–H and O–H groups in total. The van der Waals surface area contributed by atoms with Crippen LogP contribution in [0.4, 0.5) is 5.69 Å². The second-order valence-electron chi connectivity index (χ2n) is 6.40. The van der Waals surface area contributed by atoms with E-state index in [1.807, 2.05) is 11.0 Å². The molecule has 1 atom stereocenters. The summed E-state index contributed by atoms with van der Waals surface area (Å²) in [7, 11) is 0. The number of benzene rings is 1. The average Bonchev–Trinajstić information content (AvgIpc) is 2.48. The Kier molecular flexibility index (Phi) is 4.59. The Morgan fingerprint density at radius 1 is 1.29 bits per heavy atom. The van der Waals surface area contributed by atoms with Crippen LogP contribution in [-0.4, -0.2) is 19.0 Å². The van der Waals surface area contributed by atoms with E-state index in [1.54, 1.807) is 0 Å². The largest absolute Gasteiger partial charge is 0.312 e. The number of nitrogens with zero attached hydrogens (tertiary/aromatic N) is 1. The molecule has 0 saturated heterocycles. The molecule has 1 aliphatic carbocycles. The molecule has 114 valence electrons.